The molecule has 1 aliphatic carbocycles. The third-order valence-corrected chi connectivity index (χ3v) is 2.85. The van der Waals surface area contributed by atoms with Gasteiger partial charge in [0, 0.05) is 0 Å². The summed E-state index contributed by atoms with van der Waals surface area (Å²) >= 11 is 0. The van der Waals surface area contributed by atoms with Crippen molar-refractivity contribution in [2.45, 2.75) is 12.8 Å². The van der Waals surface area contributed by atoms with E-state index in [0.29, 0.717) is 12.8 Å². The van der Waals surface area contributed by atoms with Crippen molar-refractivity contribution in [3.05, 3.63) is 0 Å². The minimum Gasteiger partial charge on any atom is -0.469 e. The zero-order valence-corrected chi connectivity index (χ0v) is 9.04. The van der Waals surface area contributed by atoms with Crippen LogP contribution in [0.5, 0.6) is 0 Å². The Morgan fingerprint density at radius 2 is 2.00 bits per heavy atom. The standard InChI is InChI=1S/C8H14O5S/c1-12-8(9)7-3-6(4-7)5-13-14(2,10)11/h6-7H,3-5H2,1-2H3. The molecule has 0 saturated heterocycles. The van der Waals surface area contributed by atoms with Gasteiger partial charge in [0.2, 0.25) is 0 Å². The second-order valence-corrected chi connectivity index (χ2v) is 5.19. The van der Waals surface area contributed by atoms with Crippen LogP contribution in [0.4, 0.5) is 0 Å². The van der Waals surface area contributed by atoms with Crippen LogP contribution in [0.2, 0.25) is 0 Å². The number of carbonyl (C=O) groups is 1. The molecule has 0 spiro atoms. The van der Waals surface area contributed by atoms with E-state index in [1.54, 1.807) is 0 Å². The molecule has 0 atom stereocenters. The van der Waals surface area contributed by atoms with Gasteiger partial charge in [-0.05, 0) is 18.8 Å². The summed E-state index contributed by atoms with van der Waals surface area (Å²) in [4.78, 5) is 11.0. The highest BCUT2D eigenvalue weighted by atomic mass is 32.2. The first kappa shape index (κ1) is 11.5. The minimum atomic E-state index is -3.35. The lowest BCUT2D eigenvalue weighted by atomic mass is 9.75. The van der Waals surface area contributed by atoms with E-state index in [0.717, 1.165) is 6.26 Å². The van der Waals surface area contributed by atoms with Crippen LogP contribution < -0.4 is 0 Å². The van der Waals surface area contributed by atoms with Gasteiger partial charge in [0.15, 0.2) is 0 Å². The van der Waals surface area contributed by atoms with Crippen LogP contribution in [-0.4, -0.2) is 34.4 Å². The van der Waals surface area contributed by atoms with Crippen LogP contribution in [0.1, 0.15) is 12.8 Å². The Morgan fingerprint density at radius 1 is 1.43 bits per heavy atom. The number of ether oxygens (including phenoxy) is 1. The van der Waals surface area contributed by atoms with Crippen molar-refractivity contribution in [1.82, 2.24) is 0 Å². The normalized spacial score (nSPS) is 26.7. The largest absolute Gasteiger partial charge is 0.469 e. The van der Waals surface area contributed by atoms with E-state index >= 15 is 0 Å². The molecule has 1 fully saturated rings. The maximum Gasteiger partial charge on any atom is 0.308 e. The zero-order valence-electron chi connectivity index (χ0n) is 8.23. The second-order valence-electron chi connectivity index (χ2n) is 3.55. The van der Waals surface area contributed by atoms with Crippen LogP contribution in [0.15, 0.2) is 0 Å². The summed E-state index contributed by atoms with van der Waals surface area (Å²) in [6, 6.07) is 0. The van der Waals surface area contributed by atoms with E-state index in [9.17, 15) is 13.2 Å². The molecule has 0 N–H and O–H groups in total. The Bertz CT molecular complexity index is 302. The molecule has 0 aliphatic heterocycles. The van der Waals surface area contributed by atoms with Gasteiger partial charge in [0.25, 0.3) is 10.1 Å². The monoisotopic (exact) mass is 222 g/mol. The highest BCUT2D eigenvalue weighted by Gasteiger charge is 2.35. The zero-order chi connectivity index (χ0) is 10.8. The third kappa shape index (κ3) is 3.26. The van der Waals surface area contributed by atoms with Gasteiger partial charge in [0.05, 0.1) is 25.9 Å². The highest BCUT2D eigenvalue weighted by Crippen LogP contribution is 2.34. The molecule has 1 saturated carbocycles. The average molecular weight is 222 g/mol. The van der Waals surface area contributed by atoms with Gasteiger partial charge in [0.1, 0.15) is 0 Å². The fraction of sp³-hybridized carbons (Fsp3) is 0.875. The van der Waals surface area contributed by atoms with Gasteiger partial charge in [-0.3, -0.25) is 8.98 Å². The molecule has 1 rings (SSSR count). The van der Waals surface area contributed by atoms with Gasteiger partial charge in [-0.25, -0.2) is 0 Å². The van der Waals surface area contributed by atoms with Crippen molar-refractivity contribution in [3.63, 3.8) is 0 Å². The number of esters is 1. The molecule has 1 aliphatic rings. The molecule has 0 amide bonds. The Balaban J connectivity index is 2.20. The van der Waals surface area contributed by atoms with Crippen molar-refractivity contribution >= 4 is 16.1 Å². The molecule has 0 aromatic heterocycles. The van der Waals surface area contributed by atoms with E-state index in [2.05, 4.69) is 8.92 Å². The smallest absolute Gasteiger partial charge is 0.308 e. The molecule has 0 bridgehead atoms. The molecule has 0 aromatic rings. The summed E-state index contributed by atoms with van der Waals surface area (Å²) in [5.41, 5.74) is 0. The van der Waals surface area contributed by atoms with Crippen LogP contribution in [-0.2, 0) is 23.8 Å². The van der Waals surface area contributed by atoms with Crippen molar-refractivity contribution in [2.75, 3.05) is 20.0 Å². The molecule has 0 aromatic carbocycles. The maximum atomic E-state index is 11.0. The second kappa shape index (κ2) is 4.27. The summed E-state index contributed by atoms with van der Waals surface area (Å²) in [5, 5.41) is 0. The summed E-state index contributed by atoms with van der Waals surface area (Å²) in [5.74, 6) is -0.136. The fourth-order valence-electron chi connectivity index (χ4n) is 1.45. The first-order valence-electron chi connectivity index (χ1n) is 4.34. The molecule has 5 nitrogen and oxygen atoms in total. The molecule has 14 heavy (non-hydrogen) atoms. The van der Waals surface area contributed by atoms with Gasteiger partial charge in [-0.1, -0.05) is 0 Å². The Hall–Kier alpha value is -0.620. The Morgan fingerprint density at radius 3 is 2.43 bits per heavy atom. The number of rotatable bonds is 4. The first-order chi connectivity index (χ1) is 6.42. The summed E-state index contributed by atoms with van der Waals surface area (Å²) < 4.78 is 30.4. The van der Waals surface area contributed by atoms with Crippen LogP contribution in [0.3, 0.4) is 0 Å². The van der Waals surface area contributed by atoms with E-state index in [4.69, 9.17) is 0 Å². The van der Waals surface area contributed by atoms with Gasteiger partial charge < -0.3 is 4.74 Å². The molecular weight excluding hydrogens is 208 g/mol. The SMILES string of the molecule is COC(=O)C1CC(COS(C)(=O)=O)C1. The van der Waals surface area contributed by atoms with E-state index < -0.39 is 10.1 Å². The fourth-order valence-corrected chi connectivity index (χ4v) is 1.89. The van der Waals surface area contributed by atoms with E-state index in [-0.39, 0.29) is 24.4 Å². The lowest BCUT2D eigenvalue weighted by Gasteiger charge is -2.32. The molecular formula is C8H14O5S. The lowest BCUT2D eigenvalue weighted by molar-refractivity contribution is -0.150. The van der Waals surface area contributed by atoms with Gasteiger partial charge in [-0.15, -0.1) is 0 Å². The van der Waals surface area contributed by atoms with Crippen molar-refractivity contribution < 1.29 is 22.1 Å². The number of carbonyl (C=O) groups excluding carboxylic acids is 1. The predicted octanol–water partition coefficient (Wildman–Crippen LogP) is 0.162. The minimum absolute atomic E-state index is 0.0758. The van der Waals surface area contributed by atoms with Crippen LogP contribution in [0, 0.1) is 11.8 Å². The molecule has 6 heteroatoms. The van der Waals surface area contributed by atoms with Gasteiger partial charge >= 0.3 is 5.97 Å². The number of methoxy groups -OCH3 is 1. The van der Waals surface area contributed by atoms with E-state index in [1.807, 2.05) is 0 Å². The van der Waals surface area contributed by atoms with Crippen molar-refractivity contribution in [3.8, 4) is 0 Å². The lowest BCUT2D eigenvalue weighted by Crippen LogP contribution is -2.34. The van der Waals surface area contributed by atoms with Crippen LogP contribution >= 0.6 is 0 Å². The Kier molecular flexibility index (Phi) is 3.49. The van der Waals surface area contributed by atoms with E-state index in [1.165, 1.54) is 7.11 Å². The summed E-state index contributed by atoms with van der Waals surface area (Å²) in [6.45, 7) is 0.173. The molecule has 0 heterocycles. The van der Waals surface area contributed by atoms with Crippen molar-refractivity contribution in [2.24, 2.45) is 11.8 Å². The summed E-state index contributed by atoms with van der Waals surface area (Å²) in [7, 11) is -2.00. The topological polar surface area (TPSA) is 69.7 Å². The van der Waals surface area contributed by atoms with Crippen LogP contribution in [0.25, 0.3) is 0 Å². The summed E-state index contributed by atoms with van der Waals surface area (Å²) in [6.07, 6.45) is 2.33. The molecule has 0 unspecified atom stereocenters. The quantitative estimate of drug-likeness (QED) is 0.500. The predicted molar refractivity (Wildman–Crippen MR) is 49.0 cm³/mol. The molecule has 82 valence electrons. The maximum absolute atomic E-state index is 11.0. The number of hydrogen-bond acceptors (Lipinski definition) is 5. The van der Waals surface area contributed by atoms with Crippen molar-refractivity contribution in [1.29, 1.82) is 0 Å². The first-order valence-corrected chi connectivity index (χ1v) is 6.16. The highest BCUT2D eigenvalue weighted by molar-refractivity contribution is 7.85. The molecule has 0 radical (unpaired) electrons. The number of hydrogen-bond donors (Lipinski definition) is 0. The van der Waals surface area contributed by atoms with Gasteiger partial charge in [-0.2, -0.15) is 8.42 Å². The average Bonchev–Trinajstić information content (AvgIpc) is 1.98. The third-order valence-electron chi connectivity index (χ3n) is 2.29. The Labute approximate surface area is 83.5 Å².